The van der Waals surface area contributed by atoms with Crippen molar-refractivity contribution in [2.45, 2.75) is 44.9 Å². The highest BCUT2D eigenvalue weighted by Gasteiger charge is 2.09. The summed E-state index contributed by atoms with van der Waals surface area (Å²) in [6.45, 7) is 0.986. The number of methoxy groups -OCH3 is 1. The molecule has 0 aliphatic heterocycles. The van der Waals surface area contributed by atoms with Gasteiger partial charge in [0, 0.05) is 13.7 Å². The topological polar surface area (TPSA) is 9.23 Å². The van der Waals surface area contributed by atoms with Crippen LogP contribution in [0.25, 0.3) is 0 Å². The SMILES string of the molecule is COCC1CCCCCCC1. The lowest BCUT2D eigenvalue weighted by atomic mass is 9.92. The normalized spacial score (nSPS) is 22.6. The Labute approximate surface area is 70.1 Å². The second-order valence-corrected chi connectivity index (χ2v) is 3.67. The molecule has 0 atom stereocenters. The maximum atomic E-state index is 5.18. The first-order valence-corrected chi connectivity index (χ1v) is 4.92. The highest BCUT2D eigenvalue weighted by Crippen LogP contribution is 2.21. The third-order valence-corrected chi connectivity index (χ3v) is 2.63. The fourth-order valence-corrected chi connectivity index (χ4v) is 1.94. The molecular weight excluding hydrogens is 136 g/mol. The van der Waals surface area contributed by atoms with Crippen LogP contribution in [0.5, 0.6) is 0 Å². The molecule has 1 saturated carbocycles. The predicted octanol–water partition coefficient (Wildman–Crippen LogP) is 2.99. The summed E-state index contributed by atoms with van der Waals surface area (Å²) < 4.78 is 5.18. The Morgan fingerprint density at radius 2 is 1.55 bits per heavy atom. The van der Waals surface area contributed by atoms with Gasteiger partial charge in [0.2, 0.25) is 0 Å². The molecule has 1 rings (SSSR count). The first-order valence-electron chi connectivity index (χ1n) is 4.92. The number of rotatable bonds is 2. The molecule has 0 aromatic carbocycles. The van der Waals surface area contributed by atoms with Crippen molar-refractivity contribution in [3.05, 3.63) is 0 Å². The van der Waals surface area contributed by atoms with E-state index < -0.39 is 0 Å². The molecule has 0 aromatic rings. The average molecular weight is 156 g/mol. The van der Waals surface area contributed by atoms with Crippen molar-refractivity contribution in [2.24, 2.45) is 5.92 Å². The molecular formula is C10H20O. The molecule has 1 nitrogen and oxygen atoms in total. The van der Waals surface area contributed by atoms with E-state index in [4.69, 9.17) is 4.74 Å². The molecule has 0 unspecified atom stereocenters. The Morgan fingerprint density at radius 1 is 1.00 bits per heavy atom. The van der Waals surface area contributed by atoms with Gasteiger partial charge in [-0.1, -0.05) is 32.1 Å². The first kappa shape index (κ1) is 9.05. The minimum atomic E-state index is 0.861. The number of hydrogen-bond donors (Lipinski definition) is 0. The second-order valence-electron chi connectivity index (χ2n) is 3.67. The average Bonchev–Trinajstić information content (AvgIpc) is 1.94. The second kappa shape index (κ2) is 5.59. The van der Waals surface area contributed by atoms with E-state index in [1.807, 2.05) is 7.11 Å². The molecule has 0 bridgehead atoms. The van der Waals surface area contributed by atoms with Gasteiger partial charge in [-0.15, -0.1) is 0 Å². The van der Waals surface area contributed by atoms with Gasteiger partial charge in [-0.2, -0.15) is 0 Å². The van der Waals surface area contributed by atoms with Crippen molar-refractivity contribution in [1.82, 2.24) is 0 Å². The highest BCUT2D eigenvalue weighted by atomic mass is 16.5. The van der Waals surface area contributed by atoms with Gasteiger partial charge in [0.25, 0.3) is 0 Å². The Kier molecular flexibility index (Phi) is 4.60. The lowest BCUT2D eigenvalue weighted by molar-refractivity contribution is 0.137. The maximum Gasteiger partial charge on any atom is 0.0490 e. The molecule has 0 N–H and O–H groups in total. The van der Waals surface area contributed by atoms with Gasteiger partial charge in [-0.3, -0.25) is 0 Å². The van der Waals surface area contributed by atoms with Crippen LogP contribution < -0.4 is 0 Å². The number of ether oxygens (including phenoxy) is 1. The Balaban J connectivity index is 2.15. The maximum absolute atomic E-state index is 5.18. The van der Waals surface area contributed by atoms with Crippen LogP contribution in [0.15, 0.2) is 0 Å². The molecule has 0 radical (unpaired) electrons. The van der Waals surface area contributed by atoms with E-state index in [1.165, 1.54) is 44.9 Å². The van der Waals surface area contributed by atoms with Crippen LogP contribution in [0.4, 0.5) is 0 Å². The Bertz CT molecular complexity index is 82.9. The summed E-state index contributed by atoms with van der Waals surface area (Å²) in [5.74, 6) is 0.861. The quantitative estimate of drug-likeness (QED) is 0.597. The van der Waals surface area contributed by atoms with Gasteiger partial charge in [-0.05, 0) is 18.8 Å². The lowest BCUT2D eigenvalue weighted by Crippen LogP contribution is -2.09. The van der Waals surface area contributed by atoms with Gasteiger partial charge in [0.15, 0.2) is 0 Å². The lowest BCUT2D eigenvalue weighted by Gasteiger charge is -2.18. The fraction of sp³-hybridized carbons (Fsp3) is 1.00. The summed E-state index contributed by atoms with van der Waals surface area (Å²) in [5, 5.41) is 0. The van der Waals surface area contributed by atoms with E-state index in [0.717, 1.165) is 12.5 Å². The molecule has 66 valence electrons. The fourth-order valence-electron chi connectivity index (χ4n) is 1.94. The van der Waals surface area contributed by atoms with Gasteiger partial charge < -0.3 is 4.74 Å². The molecule has 0 aromatic heterocycles. The van der Waals surface area contributed by atoms with Crippen molar-refractivity contribution in [2.75, 3.05) is 13.7 Å². The van der Waals surface area contributed by atoms with Crippen molar-refractivity contribution in [3.8, 4) is 0 Å². The van der Waals surface area contributed by atoms with Crippen molar-refractivity contribution in [1.29, 1.82) is 0 Å². The zero-order chi connectivity index (χ0) is 7.94. The molecule has 11 heavy (non-hydrogen) atoms. The standard InChI is InChI=1S/C10H20O/c1-11-9-10-7-5-3-2-4-6-8-10/h10H,2-9H2,1H3. The van der Waals surface area contributed by atoms with E-state index in [2.05, 4.69) is 0 Å². The summed E-state index contributed by atoms with van der Waals surface area (Å²) in [7, 11) is 1.82. The van der Waals surface area contributed by atoms with Crippen LogP contribution in [0.3, 0.4) is 0 Å². The summed E-state index contributed by atoms with van der Waals surface area (Å²) in [6, 6.07) is 0. The minimum Gasteiger partial charge on any atom is -0.384 e. The summed E-state index contributed by atoms with van der Waals surface area (Å²) in [6.07, 6.45) is 9.99. The predicted molar refractivity (Wildman–Crippen MR) is 47.7 cm³/mol. The molecule has 0 heterocycles. The first-order chi connectivity index (χ1) is 5.43. The summed E-state index contributed by atoms with van der Waals surface area (Å²) >= 11 is 0. The zero-order valence-corrected chi connectivity index (χ0v) is 7.64. The van der Waals surface area contributed by atoms with E-state index >= 15 is 0 Å². The van der Waals surface area contributed by atoms with E-state index in [1.54, 1.807) is 0 Å². The van der Waals surface area contributed by atoms with E-state index in [0.29, 0.717) is 0 Å². The molecule has 0 spiro atoms. The molecule has 1 aliphatic carbocycles. The van der Waals surface area contributed by atoms with Crippen molar-refractivity contribution in [3.63, 3.8) is 0 Å². The van der Waals surface area contributed by atoms with E-state index in [-0.39, 0.29) is 0 Å². The summed E-state index contributed by atoms with van der Waals surface area (Å²) in [4.78, 5) is 0. The molecule has 1 fully saturated rings. The third kappa shape index (κ3) is 3.76. The third-order valence-electron chi connectivity index (χ3n) is 2.63. The molecule has 1 aliphatic rings. The highest BCUT2D eigenvalue weighted by molar-refractivity contribution is 4.62. The van der Waals surface area contributed by atoms with Gasteiger partial charge in [0.1, 0.15) is 0 Å². The largest absolute Gasteiger partial charge is 0.384 e. The minimum absolute atomic E-state index is 0.861. The van der Waals surface area contributed by atoms with Gasteiger partial charge in [-0.25, -0.2) is 0 Å². The Hall–Kier alpha value is -0.0400. The molecule has 0 saturated heterocycles. The van der Waals surface area contributed by atoms with E-state index in [9.17, 15) is 0 Å². The van der Waals surface area contributed by atoms with Crippen LogP contribution in [0.1, 0.15) is 44.9 Å². The van der Waals surface area contributed by atoms with Crippen LogP contribution in [0, 0.1) is 5.92 Å². The summed E-state index contributed by atoms with van der Waals surface area (Å²) in [5.41, 5.74) is 0. The van der Waals surface area contributed by atoms with Crippen LogP contribution in [0.2, 0.25) is 0 Å². The van der Waals surface area contributed by atoms with Crippen molar-refractivity contribution >= 4 is 0 Å². The van der Waals surface area contributed by atoms with Gasteiger partial charge in [0.05, 0.1) is 0 Å². The smallest absolute Gasteiger partial charge is 0.0490 e. The van der Waals surface area contributed by atoms with Crippen LogP contribution >= 0.6 is 0 Å². The zero-order valence-electron chi connectivity index (χ0n) is 7.64. The molecule has 1 heteroatoms. The van der Waals surface area contributed by atoms with Crippen LogP contribution in [-0.2, 0) is 4.74 Å². The number of hydrogen-bond acceptors (Lipinski definition) is 1. The Morgan fingerprint density at radius 3 is 2.09 bits per heavy atom. The van der Waals surface area contributed by atoms with Crippen LogP contribution in [-0.4, -0.2) is 13.7 Å². The molecule has 0 amide bonds. The van der Waals surface area contributed by atoms with Crippen molar-refractivity contribution < 1.29 is 4.74 Å². The monoisotopic (exact) mass is 156 g/mol. The van der Waals surface area contributed by atoms with Gasteiger partial charge >= 0.3 is 0 Å².